The van der Waals surface area contributed by atoms with Gasteiger partial charge >= 0.3 is 12.0 Å². The Kier molecular flexibility index (Phi) is 4.77. The van der Waals surface area contributed by atoms with Crippen molar-refractivity contribution in [2.24, 2.45) is 5.92 Å². The van der Waals surface area contributed by atoms with Gasteiger partial charge in [0.2, 0.25) is 0 Å². The summed E-state index contributed by atoms with van der Waals surface area (Å²) in [5.74, 6) is -1.27. The number of carbonyl (C=O) groups excluding carboxylic acids is 1. The standard InChI is InChI=1S/C15H19FN2O3/c1-2-10-5-7-18(8-6-10)15(21)17-13-4-3-11(16)9-12(13)14(19)20/h3-4,9-10H,2,5-8H2,1H3,(H,17,21)(H,19,20). The zero-order valence-corrected chi connectivity index (χ0v) is 11.9. The van der Waals surface area contributed by atoms with Gasteiger partial charge < -0.3 is 15.3 Å². The van der Waals surface area contributed by atoms with Gasteiger partial charge in [0.1, 0.15) is 5.82 Å². The lowest BCUT2D eigenvalue weighted by Gasteiger charge is -2.31. The largest absolute Gasteiger partial charge is 0.478 e. The van der Waals surface area contributed by atoms with Crippen molar-refractivity contribution in [2.75, 3.05) is 18.4 Å². The molecule has 114 valence electrons. The summed E-state index contributed by atoms with van der Waals surface area (Å²) in [6.45, 7) is 3.46. The molecule has 0 saturated carbocycles. The van der Waals surface area contributed by atoms with Gasteiger partial charge in [-0.05, 0) is 37.0 Å². The molecule has 0 aromatic heterocycles. The first-order chi connectivity index (χ1) is 10.0. The van der Waals surface area contributed by atoms with E-state index in [0.29, 0.717) is 19.0 Å². The van der Waals surface area contributed by atoms with Crippen molar-refractivity contribution in [3.8, 4) is 0 Å². The molecule has 1 fully saturated rings. The van der Waals surface area contributed by atoms with Gasteiger partial charge in [0.05, 0.1) is 11.3 Å². The first-order valence-electron chi connectivity index (χ1n) is 7.10. The molecule has 1 aliphatic rings. The van der Waals surface area contributed by atoms with Crippen molar-refractivity contribution in [3.63, 3.8) is 0 Å². The number of halogens is 1. The van der Waals surface area contributed by atoms with Crippen LogP contribution >= 0.6 is 0 Å². The van der Waals surface area contributed by atoms with E-state index in [2.05, 4.69) is 12.2 Å². The fraction of sp³-hybridized carbons (Fsp3) is 0.467. The van der Waals surface area contributed by atoms with Crippen molar-refractivity contribution in [1.29, 1.82) is 0 Å². The van der Waals surface area contributed by atoms with E-state index in [9.17, 15) is 14.0 Å². The van der Waals surface area contributed by atoms with Gasteiger partial charge in [-0.1, -0.05) is 13.3 Å². The molecule has 0 aliphatic carbocycles. The maximum absolute atomic E-state index is 13.1. The third kappa shape index (κ3) is 3.71. The predicted octanol–water partition coefficient (Wildman–Crippen LogP) is 3.18. The highest BCUT2D eigenvalue weighted by atomic mass is 19.1. The van der Waals surface area contributed by atoms with Crippen molar-refractivity contribution in [2.45, 2.75) is 26.2 Å². The van der Waals surface area contributed by atoms with Gasteiger partial charge in [0.25, 0.3) is 0 Å². The van der Waals surface area contributed by atoms with Crippen LogP contribution in [0.4, 0.5) is 14.9 Å². The minimum atomic E-state index is -1.27. The number of carbonyl (C=O) groups is 2. The number of hydrogen-bond acceptors (Lipinski definition) is 2. The predicted molar refractivity (Wildman–Crippen MR) is 77.0 cm³/mol. The van der Waals surface area contributed by atoms with E-state index in [4.69, 9.17) is 5.11 Å². The summed E-state index contributed by atoms with van der Waals surface area (Å²) < 4.78 is 13.1. The van der Waals surface area contributed by atoms with Crippen LogP contribution in [0.15, 0.2) is 18.2 Å². The number of nitrogens with one attached hydrogen (secondary N) is 1. The molecule has 2 rings (SSSR count). The maximum atomic E-state index is 13.1. The summed E-state index contributed by atoms with van der Waals surface area (Å²) in [4.78, 5) is 24.9. The summed E-state index contributed by atoms with van der Waals surface area (Å²) in [5, 5.41) is 11.6. The molecule has 2 amide bonds. The highest BCUT2D eigenvalue weighted by Crippen LogP contribution is 2.22. The molecule has 0 spiro atoms. The van der Waals surface area contributed by atoms with Crippen molar-refractivity contribution in [1.82, 2.24) is 4.90 Å². The first kappa shape index (κ1) is 15.3. The number of anilines is 1. The molecule has 1 aliphatic heterocycles. The first-order valence-corrected chi connectivity index (χ1v) is 7.10. The number of aromatic carboxylic acids is 1. The average Bonchev–Trinajstić information content (AvgIpc) is 2.49. The van der Waals surface area contributed by atoms with Crippen LogP contribution in [0.1, 0.15) is 36.5 Å². The molecule has 0 unspecified atom stereocenters. The lowest BCUT2D eigenvalue weighted by atomic mass is 9.95. The van der Waals surface area contributed by atoms with Crippen LogP contribution in [-0.4, -0.2) is 35.1 Å². The second-order valence-electron chi connectivity index (χ2n) is 5.26. The van der Waals surface area contributed by atoms with Crippen LogP contribution in [0.2, 0.25) is 0 Å². The van der Waals surface area contributed by atoms with Crippen molar-refractivity contribution in [3.05, 3.63) is 29.6 Å². The second-order valence-corrected chi connectivity index (χ2v) is 5.26. The Morgan fingerprint density at radius 3 is 2.62 bits per heavy atom. The molecular formula is C15H19FN2O3. The van der Waals surface area contributed by atoms with E-state index in [1.165, 1.54) is 6.07 Å². The minimum absolute atomic E-state index is 0.117. The Hall–Kier alpha value is -2.11. The smallest absolute Gasteiger partial charge is 0.337 e. The van der Waals surface area contributed by atoms with Crippen molar-refractivity contribution < 1.29 is 19.1 Å². The minimum Gasteiger partial charge on any atom is -0.478 e. The van der Waals surface area contributed by atoms with E-state index in [1.54, 1.807) is 4.90 Å². The zero-order chi connectivity index (χ0) is 15.4. The normalized spacial score (nSPS) is 15.8. The summed E-state index contributed by atoms with van der Waals surface area (Å²) in [6.07, 6.45) is 3.02. The molecular weight excluding hydrogens is 275 g/mol. The van der Waals surface area contributed by atoms with Crippen LogP contribution in [-0.2, 0) is 0 Å². The Morgan fingerprint density at radius 2 is 2.05 bits per heavy atom. The van der Waals surface area contributed by atoms with E-state index in [-0.39, 0.29) is 17.3 Å². The number of carboxylic acid groups (broad SMARTS) is 1. The fourth-order valence-electron chi connectivity index (χ4n) is 2.54. The average molecular weight is 294 g/mol. The van der Waals surface area contributed by atoms with E-state index >= 15 is 0 Å². The third-order valence-electron chi connectivity index (χ3n) is 3.93. The summed E-state index contributed by atoms with van der Waals surface area (Å²) in [5.41, 5.74) is -0.127. The molecule has 1 heterocycles. The van der Waals surface area contributed by atoms with Gasteiger partial charge in [-0.25, -0.2) is 14.0 Å². The molecule has 21 heavy (non-hydrogen) atoms. The Morgan fingerprint density at radius 1 is 1.38 bits per heavy atom. The van der Waals surface area contributed by atoms with Crippen LogP contribution < -0.4 is 5.32 Å². The molecule has 2 N–H and O–H groups in total. The van der Waals surface area contributed by atoms with Crippen LogP contribution in [0.5, 0.6) is 0 Å². The Bertz CT molecular complexity index is 540. The monoisotopic (exact) mass is 294 g/mol. The second kappa shape index (κ2) is 6.56. The van der Waals surface area contributed by atoms with E-state index in [0.717, 1.165) is 31.4 Å². The summed E-state index contributed by atoms with van der Waals surface area (Å²) >= 11 is 0. The van der Waals surface area contributed by atoms with Crippen LogP contribution in [0.3, 0.4) is 0 Å². The molecule has 0 atom stereocenters. The van der Waals surface area contributed by atoms with Gasteiger partial charge in [-0.3, -0.25) is 0 Å². The number of hydrogen-bond donors (Lipinski definition) is 2. The van der Waals surface area contributed by atoms with Gasteiger partial charge in [-0.15, -0.1) is 0 Å². The topological polar surface area (TPSA) is 69.6 Å². The number of amides is 2. The van der Waals surface area contributed by atoms with Gasteiger partial charge in [-0.2, -0.15) is 0 Å². The quantitative estimate of drug-likeness (QED) is 0.899. The number of benzene rings is 1. The number of likely N-dealkylation sites (tertiary alicyclic amines) is 1. The highest BCUT2D eigenvalue weighted by Gasteiger charge is 2.23. The molecule has 1 aromatic rings. The van der Waals surface area contributed by atoms with Crippen LogP contribution in [0, 0.1) is 11.7 Å². The molecule has 1 saturated heterocycles. The van der Waals surface area contributed by atoms with Gasteiger partial charge in [0.15, 0.2) is 0 Å². The third-order valence-corrected chi connectivity index (χ3v) is 3.93. The van der Waals surface area contributed by atoms with Crippen molar-refractivity contribution >= 4 is 17.7 Å². The number of piperidine rings is 1. The Balaban J connectivity index is 2.05. The molecule has 0 radical (unpaired) electrons. The van der Waals surface area contributed by atoms with E-state index < -0.39 is 11.8 Å². The molecule has 5 nitrogen and oxygen atoms in total. The maximum Gasteiger partial charge on any atom is 0.337 e. The molecule has 6 heteroatoms. The number of nitrogens with zero attached hydrogens (tertiary/aromatic N) is 1. The fourth-order valence-corrected chi connectivity index (χ4v) is 2.54. The van der Waals surface area contributed by atoms with Gasteiger partial charge in [0, 0.05) is 13.1 Å². The number of carboxylic acids is 1. The van der Waals surface area contributed by atoms with Crippen LogP contribution in [0.25, 0.3) is 0 Å². The lowest BCUT2D eigenvalue weighted by Crippen LogP contribution is -2.41. The lowest BCUT2D eigenvalue weighted by molar-refractivity contribution is 0.0697. The summed E-state index contributed by atoms with van der Waals surface area (Å²) in [7, 11) is 0. The Labute approximate surface area is 122 Å². The van der Waals surface area contributed by atoms with E-state index in [1.807, 2.05) is 0 Å². The number of urea groups is 1. The number of rotatable bonds is 3. The molecule has 0 bridgehead atoms. The molecule has 1 aromatic carbocycles. The zero-order valence-electron chi connectivity index (χ0n) is 11.9. The highest BCUT2D eigenvalue weighted by molar-refractivity contribution is 6.00. The SMILES string of the molecule is CCC1CCN(C(=O)Nc2ccc(F)cc2C(=O)O)CC1. The summed E-state index contributed by atoms with van der Waals surface area (Å²) in [6, 6.07) is 2.97.